The molecule has 2 aromatic rings. The number of ether oxygens (including phenoxy) is 1. The summed E-state index contributed by atoms with van der Waals surface area (Å²) in [6.07, 6.45) is 5.46. The number of halogens is 1. The normalized spacial score (nSPS) is 13.8. The molecule has 0 spiro atoms. The molecule has 32 heavy (non-hydrogen) atoms. The van der Waals surface area contributed by atoms with Gasteiger partial charge < -0.3 is 20.7 Å². The fraction of sp³-hybridized carbons (Fsp3) is 0.360. The summed E-state index contributed by atoms with van der Waals surface area (Å²) in [5.41, 5.74) is 2.64. The Morgan fingerprint density at radius 2 is 1.75 bits per heavy atom. The number of hydrogen-bond donors (Lipinski definition) is 3. The van der Waals surface area contributed by atoms with E-state index in [1.165, 1.54) is 6.42 Å². The molecular formula is C25H30ClN3O3. The molecule has 3 N–H and O–H groups in total. The molecule has 170 valence electrons. The van der Waals surface area contributed by atoms with Gasteiger partial charge in [0.05, 0.1) is 17.1 Å². The molecule has 2 aromatic carbocycles. The number of amides is 2. The number of carbonyl (C=O) groups excluding carboxylic acids is 2. The van der Waals surface area contributed by atoms with Gasteiger partial charge in [0.25, 0.3) is 5.91 Å². The van der Waals surface area contributed by atoms with Gasteiger partial charge in [0.2, 0.25) is 5.91 Å². The Labute approximate surface area is 194 Å². The number of rotatable bonds is 9. The van der Waals surface area contributed by atoms with Crippen LogP contribution in [0.15, 0.2) is 54.6 Å². The molecule has 0 unspecified atom stereocenters. The molecule has 1 fully saturated rings. The molecule has 1 saturated carbocycles. The van der Waals surface area contributed by atoms with Crippen LogP contribution in [0.2, 0.25) is 5.02 Å². The number of nitrogens with one attached hydrogen (secondary N) is 3. The van der Waals surface area contributed by atoms with Crippen molar-refractivity contribution < 1.29 is 14.3 Å². The molecule has 6 nitrogen and oxygen atoms in total. The Kier molecular flexibility index (Phi) is 8.56. The van der Waals surface area contributed by atoms with Gasteiger partial charge in [-0.15, -0.1) is 0 Å². The maximum Gasteiger partial charge on any atom is 0.253 e. The smallest absolute Gasteiger partial charge is 0.253 e. The van der Waals surface area contributed by atoms with Crippen molar-refractivity contribution in [3.05, 3.63) is 65.2 Å². The first kappa shape index (κ1) is 23.7. The Balaban J connectivity index is 1.51. The van der Waals surface area contributed by atoms with Crippen LogP contribution in [0, 0.1) is 0 Å². The number of hydrogen-bond acceptors (Lipinski definition) is 4. The second kappa shape index (κ2) is 11.6. The van der Waals surface area contributed by atoms with Crippen molar-refractivity contribution in [1.82, 2.24) is 5.32 Å². The first-order valence-electron chi connectivity index (χ1n) is 10.9. The van der Waals surface area contributed by atoms with E-state index >= 15 is 0 Å². The lowest BCUT2D eigenvalue weighted by Gasteiger charge is -2.23. The van der Waals surface area contributed by atoms with Gasteiger partial charge in [0.1, 0.15) is 12.4 Å². The monoisotopic (exact) mass is 455 g/mol. The molecular weight excluding hydrogens is 426 g/mol. The first-order valence-corrected chi connectivity index (χ1v) is 11.3. The van der Waals surface area contributed by atoms with Crippen LogP contribution in [-0.2, 0) is 4.79 Å². The van der Waals surface area contributed by atoms with Gasteiger partial charge >= 0.3 is 0 Å². The van der Waals surface area contributed by atoms with E-state index in [0.717, 1.165) is 42.7 Å². The van der Waals surface area contributed by atoms with Crippen LogP contribution in [0.25, 0.3) is 0 Å². The summed E-state index contributed by atoms with van der Waals surface area (Å²) in [7, 11) is 0. The molecule has 0 radical (unpaired) electrons. The molecule has 3 rings (SSSR count). The van der Waals surface area contributed by atoms with Gasteiger partial charge in [0, 0.05) is 17.4 Å². The molecule has 0 atom stereocenters. The highest BCUT2D eigenvalue weighted by Crippen LogP contribution is 2.23. The summed E-state index contributed by atoms with van der Waals surface area (Å²) in [6.45, 7) is 6.26. The average molecular weight is 456 g/mol. The number of anilines is 2. The standard InChI is InChI=1S/C25H30ClN3O3/c1-17(2)16-32-21-11-8-18(9-12-21)27-15-24(30)28-20-10-13-23(26)22(14-20)25(31)29-19-6-4-3-5-7-19/h8-14,19,27H,1,3-7,15-16H2,2H3,(H,28,30)(H,29,31). The Morgan fingerprint density at radius 3 is 2.44 bits per heavy atom. The van der Waals surface area contributed by atoms with Crippen LogP contribution in [0.5, 0.6) is 5.75 Å². The molecule has 0 heterocycles. The van der Waals surface area contributed by atoms with Crippen LogP contribution in [0.1, 0.15) is 49.4 Å². The fourth-order valence-corrected chi connectivity index (χ4v) is 3.75. The molecule has 0 bridgehead atoms. The predicted molar refractivity (Wildman–Crippen MR) is 130 cm³/mol. The molecule has 7 heteroatoms. The van der Waals surface area contributed by atoms with Gasteiger partial charge in [-0.1, -0.05) is 37.4 Å². The first-order chi connectivity index (χ1) is 15.4. The zero-order chi connectivity index (χ0) is 22.9. The van der Waals surface area contributed by atoms with E-state index in [2.05, 4.69) is 22.5 Å². The quantitative estimate of drug-likeness (QED) is 0.442. The Hall–Kier alpha value is -2.99. The summed E-state index contributed by atoms with van der Waals surface area (Å²) in [5.74, 6) is 0.307. The van der Waals surface area contributed by atoms with Crippen LogP contribution < -0.4 is 20.7 Å². The lowest BCUT2D eigenvalue weighted by atomic mass is 9.95. The summed E-state index contributed by atoms with van der Waals surface area (Å²) < 4.78 is 5.56. The lowest BCUT2D eigenvalue weighted by Crippen LogP contribution is -2.36. The third-order valence-electron chi connectivity index (χ3n) is 5.23. The third-order valence-corrected chi connectivity index (χ3v) is 5.56. The predicted octanol–water partition coefficient (Wildman–Crippen LogP) is 5.41. The van der Waals surface area contributed by atoms with Gasteiger partial charge in [-0.25, -0.2) is 0 Å². The molecule has 2 amide bonds. The molecule has 1 aliphatic carbocycles. The fourth-order valence-electron chi connectivity index (χ4n) is 3.55. The van der Waals surface area contributed by atoms with E-state index in [1.54, 1.807) is 18.2 Å². The highest BCUT2D eigenvalue weighted by atomic mass is 35.5. The van der Waals surface area contributed by atoms with E-state index in [0.29, 0.717) is 22.9 Å². The van der Waals surface area contributed by atoms with Crippen molar-refractivity contribution >= 4 is 34.8 Å². The van der Waals surface area contributed by atoms with Gasteiger partial charge in [-0.2, -0.15) is 0 Å². The van der Waals surface area contributed by atoms with Crippen molar-refractivity contribution in [2.24, 2.45) is 0 Å². The van der Waals surface area contributed by atoms with Crippen molar-refractivity contribution in [2.45, 2.75) is 45.1 Å². The maximum atomic E-state index is 12.7. The maximum absolute atomic E-state index is 12.7. The summed E-state index contributed by atoms with van der Waals surface area (Å²) in [6, 6.07) is 12.5. The van der Waals surface area contributed by atoms with Crippen LogP contribution in [0.3, 0.4) is 0 Å². The Morgan fingerprint density at radius 1 is 1.06 bits per heavy atom. The second-order valence-corrected chi connectivity index (χ2v) is 8.58. The zero-order valence-corrected chi connectivity index (χ0v) is 19.1. The topological polar surface area (TPSA) is 79.5 Å². The van der Waals surface area contributed by atoms with Crippen molar-refractivity contribution in [3.8, 4) is 5.75 Å². The largest absolute Gasteiger partial charge is 0.489 e. The van der Waals surface area contributed by atoms with Crippen molar-refractivity contribution in [3.63, 3.8) is 0 Å². The average Bonchev–Trinajstić information content (AvgIpc) is 2.79. The molecule has 0 aromatic heterocycles. The summed E-state index contributed by atoms with van der Waals surface area (Å²) >= 11 is 6.24. The van der Waals surface area contributed by atoms with Crippen LogP contribution >= 0.6 is 11.6 Å². The highest BCUT2D eigenvalue weighted by molar-refractivity contribution is 6.34. The number of carbonyl (C=O) groups is 2. The van der Waals surface area contributed by atoms with E-state index in [-0.39, 0.29) is 24.4 Å². The lowest BCUT2D eigenvalue weighted by molar-refractivity contribution is -0.114. The molecule has 0 aliphatic heterocycles. The van der Waals surface area contributed by atoms with Gasteiger partial charge in [-0.05, 0) is 67.8 Å². The minimum absolute atomic E-state index is 0.0815. The van der Waals surface area contributed by atoms with Crippen LogP contribution in [-0.4, -0.2) is 31.0 Å². The van der Waals surface area contributed by atoms with Gasteiger partial charge in [0.15, 0.2) is 0 Å². The van der Waals surface area contributed by atoms with E-state index in [1.807, 2.05) is 31.2 Å². The minimum Gasteiger partial charge on any atom is -0.489 e. The van der Waals surface area contributed by atoms with E-state index < -0.39 is 0 Å². The SMILES string of the molecule is C=C(C)COc1ccc(NCC(=O)Nc2ccc(Cl)c(C(=O)NC3CCCCC3)c2)cc1. The third kappa shape index (κ3) is 7.31. The minimum atomic E-state index is -0.228. The molecule has 0 saturated heterocycles. The number of benzene rings is 2. The van der Waals surface area contributed by atoms with Crippen molar-refractivity contribution in [1.29, 1.82) is 0 Å². The van der Waals surface area contributed by atoms with Gasteiger partial charge in [-0.3, -0.25) is 9.59 Å². The Bertz CT molecular complexity index is 953. The highest BCUT2D eigenvalue weighted by Gasteiger charge is 2.19. The summed E-state index contributed by atoms with van der Waals surface area (Å²) in [5, 5.41) is 9.30. The summed E-state index contributed by atoms with van der Waals surface area (Å²) in [4.78, 5) is 25.0. The van der Waals surface area contributed by atoms with E-state index in [9.17, 15) is 9.59 Å². The van der Waals surface area contributed by atoms with Crippen LogP contribution in [0.4, 0.5) is 11.4 Å². The molecule has 1 aliphatic rings. The zero-order valence-electron chi connectivity index (χ0n) is 18.4. The second-order valence-electron chi connectivity index (χ2n) is 8.17. The van der Waals surface area contributed by atoms with Crippen molar-refractivity contribution in [2.75, 3.05) is 23.8 Å². The van der Waals surface area contributed by atoms with E-state index in [4.69, 9.17) is 16.3 Å².